The van der Waals surface area contributed by atoms with E-state index in [0.29, 0.717) is 25.0 Å². The van der Waals surface area contributed by atoms with Gasteiger partial charge in [-0.15, -0.1) is 0 Å². The molecule has 0 aliphatic heterocycles. The molecule has 2 N–H and O–H groups in total. The Balaban J connectivity index is 5.36. The zero-order valence-corrected chi connectivity index (χ0v) is 29.8. The van der Waals surface area contributed by atoms with Crippen LogP contribution in [0, 0.1) is 0 Å². The van der Waals surface area contributed by atoms with Crippen LogP contribution in [-0.2, 0) is 13.6 Å². The molecule has 0 heterocycles. The van der Waals surface area contributed by atoms with Crippen LogP contribution in [0.2, 0.25) is 0 Å². The largest absolute Gasteiger partial charge is 0.710 e. The van der Waals surface area contributed by atoms with Crippen molar-refractivity contribution in [3.63, 3.8) is 0 Å². The average molecular weight is 722 g/mol. The minimum Gasteiger partial charge on any atom is -0.382 e. The number of aliphatic hydroxyl groups excluding tert-OH is 2. The number of hydrogen-bond donors (Lipinski definition) is 2. The van der Waals surface area contributed by atoms with Gasteiger partial charge in [0, 0.05) is 4.57 Å². The van der Waals surface area contributed by atoms with Gasteiger partial charge in [0.05, 0.1) is 0 Å². The van der Waals surface area contributed by atoms with E-state index in [1.807, 2.05) is 65.8 Å². The molecule has 0 aromatic carbocycles. The van der Waals surface area contributed by atoms with E-state index in [9.17, 15) is 49.9 Å². The fourth-order valence-electron chi connectivity index (χ4n) is 4.06. The van der Waals surface area contributed by atoms with Gasteiger partial charge in [-0.2, -0.15) is 35.1 Å². The van der Waals surface area contributed by atoms with E-state index in [1.54, 1.807) is 0 Å². The van der Waals surface area contributed by atoms with E-state index < -0.39 is 44.5 Å². The quantitative estimate of drug-likeness (QED) is 0.0661. The van der Waals surface area contributed by atoms with Crippen molar-refractivity contribution in [3.05, 3.63) is 69.9 Å². The Kier molecular flexibility index (Phi) is 19.6. The van der Waals surface area contributed by atoms with Crippen molar-refractivity contribution in [2.24, 2.45) is 0 Å². The summed E-state index contributed by atoms with van der Waals surface area (Å²) < 4.78 is 133. The van der Waals surface area contributed by atoms with Crippen molar-refractivity contribution in [3.8, 4) is 0 Å². The lowest BCUT2D eigenvalue weighted by atomic mass is 10.0. The summed E-state index contributed by atoms with van der Waals surface area (Å²) in [5.41, 5.74) is 4.43. The van der Waals surface area contributed by atoms with Crippen molar-refractivity contribution >= 4 is 8.25 Å². The molecule has 5 nitrogen and oxygen atoms in total. The van der Waals surface area contributed by atoms with Crippen molar-refractivity contribution in [1.29, 1.82) is 0 Å². The maximum atomic E-state index is 14.4. The molecule has 2 unspecified atom stereocenters. The fraction of sp³-hybridized carbons (Fsp3) is 0.647. The molecular formula is C34H50F8O5P+. The van der Waals surface area contributed by atoms with Gasteiger partial charge < -0.3 is 10.2 Å². The van der Waals surface area contributed by atoms with Gasteiger partial charge in [-0.1, -0.05) is 69.9 Å². The lowest BCUT2D eigenvalue weighted by molar-refractivity contribution is -0.349. The molecule has 0 bridgehead atoms. The molecule has 0 fully saturated rings. The zero-order valence-electron chi connectivity index (χ0n) is 28.9. The minimum absolute atomic E-state index is 0.0705. The fourth-order valence-corrected chi connectivity index (χ4v) is 4.72. The average Bonchev–Trinajstić information content (AvgIpc) is 2.91. The predicted molar refractivity (Wildman–Crippen MR) is 172 cm³/mol. The molecule has 0 spiro atoms. The zero-order chi connectivity index (χ0) is 37.5. The van der Waals surface area contributed by atoms with Crippen LogP contribution in [0.15, 0.2) is 69.9 Å². The maximum absolute atomic E-state index is 14.4. The predicted octanol–water partition coefficient (Wildman–Crippen LogP) is 11.7. The first-order valence-electron chi connectivity index (χ1n) is 15.5. The molecule has 0 rings (SSSR count). The number of alkyl halides is 8. The van der Waals surface area contributed by atoms with Gasteiger partial charge in [-0.3, -0.25) is 0 Å². The lowest BCUT2D eigenvalue weighted by Crippen LogP contribution is -2.51. The van der Waals surface area contributed by atoms with E-state index in [0.717, 1.165) is 48.0 Å². The van der Waals surface area contributed by atoms with Crippen LogP contribution in [0.1, 0.15) is 107 Å². The van der Waals surface area contributed by atoms with Crippen molar-refractivity contribution in [2.75, 3.05) is 0 Å². The summed E-state index contributed by atoms with van der Waals surface area (Å²) in [6, 6.07) is 0. The molecule has 0 saturated heterocycles. The molecular weight excluding hydrogens is 671 g/mol. The molecule has 14 heteroatoms. The Morgan fingerprint density at radius 1 is 0.542 bits per heavy atom. The van der Waals surface area contributed by atoms with Gasteiger partial charge in [0.15, 0.2) is 0 Å². The summed E-state index contributed by atoms with van der Waals surface area (Å²) in [5, 5.41) is 19.6. The second-order valence-electron chi connectivity index (χ2n) is 12.4. The van der Waals surface area contributed by atoms with Crippen LogP contribution in [0.25, 0.3) is 0 Å². The van der Waals surface area contributed by atoms with Crippen LogP contribution >= 0.6 is 8.25 Å². The van der Waals surface area contributed by atoms with Crippen molar-refractivity contribution in [2.45, 2.75) is 143 Å². The Morgan fingerprint density at radius 2 is 0.812 bits per heavy atom. The van der Waals surface area contributed by atoms with Gasteiger partial charge in [-0.25, -0.2) is 0 Å². The number of allylic oxidation sites excluding steroid dienone is 10. The third-order valence-electron chi connectivity index (χ3n) is 7.03. The first-order chi connectivity index (χ1) is 21.9. The van der Waals surface area contributed by atoms with Crippen LogP contribution in [0.5, 0.6) is 0 Å². The molecule has 0 radical (unpaired) electrons. The molecule has 48 heavy (non-hydrogen) atoms. The smallest absolute Gasteiger partial charge is 0.382 e. The minimum atomic E-state index is -5.89. The number of rotatable bonds is 22. The van der Waals surface area contributed by atoms with Crippen molar-refractivity contribution in [1.82, 2.24) is 0 Å². The number of hydrogen-bond acceptors (Lipinski definition) is 5. The summed E-state index contributed by atoms with van der Waals surface area (Å²) in [6.07, 6.45) is -5.80. The number of halogens is 8. The lowest BCUT2D eigenvalue weighted by Gasteiger charge is -2.26. The highest BCUT2D eigenvalue weighted by molar-refractivity contribution is 7.33. The standard InChI is InChI=1S/C34H50F8O5P/c1-23(2)13-9-15-25(5)17-11-19-27(7)21-29(43)31(35,36)33(39,40)46-48(45)47-34(41,42)32(37,38)30(44)22-28(8)20-12-18-26(6)16-10-14-24(3)4/h13-14,17-18,21-22,29-30,43-44H,9-12,15-16,19-20H2,1-8H3/q+1. The molecule has 0 aliphatic rings. The summed E-state index contributed by atoms with van der Waals surface area (Å²) >= 11 is 0. The first kappa shape index (κ1) is 45.8. The highest BCUT2D eigenvalue weighted by Gasteiger charge is 2.71. The summed E-state index contributed by atoms with van der Waals surface area (Å²) in [7, 11) is -5.03. The number of aliphatic hydroxyl groups is 2. The first-order valence-corrected chi connectivity index (χ1v) is 16.6. The van der Waals surface area contributed by atoms with Gasteiger partial charge in [0.2, 0.25) is 0 Å². The van der Waals surface area contributed by atoms with Gasteiger partial charge >= 0.3 is 32.3 Å². The summed E-state index contributed by atoms with van der Waals surface area (Å²) in [5.74, 6) is -11.1. The summed E-state index contributed by atoms with van der Waals surface area (Å²) in [6.45, 7) is 14.1. The highest BCUT2D eigenvalue weighted by Crippen LogP contribution is 2.50. The van der Waals surface area contributed by atoms with E-state index >= 15 is 0 Å². The molecule has 0 amide bonds. The van der Waals surface area contributed by atoms with E-state index in [4.69, 9.17) is 0 Å². The van der Waals surface area contributed by atoms with Gasteiger partial charge in [-0.05, 0) is 116 Å². The Bertz CT molecular complexity index is 1140. The third kappa shape index (κ3) is 16.5. The van der Waals surface area contributed by atoms with Crippen molar-refractivity contribution < 1.29 is 58.9 Å². The Labute approximate surface area is 280 Å². The molecule has 0 aliphatic carbocycles. The molecule has 2 atom stereocenters. The molecule has 0 aromatic heterocycles. The monoisotopic (exact) mass is 721 g/mol. The Hall–Kier alpha value is -2.18. The van der Waals surface area contributed by atoms with E-state index in [2.05, 4.69) is 9.05 Å². The third-order valence-corrected chi connectivity index (χ3v) is 7.78. The topological polar surface area (TPSA) is 76.0 Å². The molecule has 276 valence electrons. The molecule has 0 saturated carbocycles. The second-order valence-corrected chi connectivity index (χ2v) is 13.2. The second kappa shape index (κ2) is 20.5. The SMILES string of the molecule is CC(C)=CCCC(C)=CCCC(C)=CC(O)C(F)(F)C(F)(F)O[P+](=O)OC(F)(F)C(F)(F)C(O)C=C(C)CCC=C(C)CCC=C(C)C. The van der Waals surface area contributed by atoms with Crippen LogP contribution < -0.4 is 0 Å². The normalized spacial score (nSPS) is 16.1. The van der Waals surface area contributed by atoms with E-state index in [-0.39, 0.29) is 24.0 Å². The summed E-state index contributed by atoms with van der Waals surface area (Å²) in [4.78, 5) is 0. The van der Waals surface area contributed by atoms with E-state index in [1.165, 1.54) is 13.8 Å². The van der Waals surface area contributed by atoms with Crippen LogP contribution in [0.3, 0.4) is 0 Å². The van der Waals surface area contributed by atoms with Gasteiger partial charge in [0.1, 0.15) is 12.2 Å². The van der Waals surface area contributed by atoms with Gasteiger partial charge in [0.25, 0.3) is 0 Å². The van der Waals surface area contributed by atoms with Crippen LogP contribution in [0.4, 0.5) is 35.1 Å². The Morgan fingerprint density at radius 3 is 1.10 bits per heavy atom. The highest BCUT2D eigenvalue weighted by atomic mass is 31.1. The molecule has 0 aromatic rings. The van der Waals surface area contributed by atoms with Crippen LogP contribution in [-0.4, -0.2) is 46.5 Å². The maximum Gasteiger partial charge on any atom is 0.710 e.